The van der Waals surface area contributed by atoms with Crippen LogP contribution in [-0.2, 0) is 6.42 Å². The maximum Gasteiger partial charge on any atom is 0.123 e. The van der Waals surface area contributed by atoms with Crippen LogP contribution >= 0.6 is 0 Å². The van der Waals surface area contributed by atoms with Crippen LogP contribution < -0.4 is 5.73 Å². The Kier molecular flexibility index (Phi) is 3.34. The van der Waals surface area contributed by atoms with Crippen molar-refractivity contribution in [2.24, 2.45) is 5.73 Å². The second-order valence-electron chi connectivity index (χ2n) is 4.11. The van der Waals surface area contributed by atoms with Crippen molar-refractivity contribution in [1.82, 2.24) is 4.90 Å². The number of rotatable bonds is 4. The van der Waals surface area contributed by atoms with Gasteiger partial charge in [0.15, 0.2) is 0 Å². The van der Waals surface area contributed by atoms with Gasteiger partial charge in [0.1, 0.15) is 5.82 Å². The lowest BCUT2D eigenvalue weighted by molar-refractivity contribution is 0.121. The van der Waals surface area contributed by atoms with Gasteiger partial charge in [0.05, 0.1) is 0 Å². The van der Waals surface area contributed by atoms with Crippen LogP contribution in [-0.4, -0.2) is 30.6 Å². The topological polar surface area (TPSA) is 29.3 Å². The van der Waals surface area contributed by atoms with Crippen molar-refractivity contribution >= 4 is 0 Å². The predicted octanol–water partition coefficient (Wildman–Crippen LogP) is 1.40. The molecule has 1 aliphatic heterocycles. The number of halogens is 1. The normalized spacial score (nSPS) is 18.5. The number of likely N-dealkylation sites (tertiary alicyclic amines) is 1. The Morgan fingerprint density at radius 1 is 1.40 bits per heavy atom. The fraction of sp³-hybridized carbons (Fsp3) is 0.500. The van der Waals surface area contributed by atoms with Crippen molar-refractivity contribution in [3.05, 3.63) is 35.6 Å². The van der Waals surface area contributed by atoms with Gasteiger partial charge in [0, 0.05) is 12.6 Å². The molecular formula is C12H17FN2. The zero-order valence-electron chi connectivity index (χ0n) is 8.82. The zero-order valence-corrected chi connectivity index (χ0v) is 8.82. The lowest BCUT2D eigenvalue weighted by atomic mass is 10.0. The Bertz CT molecular complexity index is 323. The SMILES string of the molecule is NCC(Cc1cccc(F)c1)N1CCC1. The molecule has 2 nitrogen and oxygen atoms in total. The molecule has 1 fully saturated rings. The summed E-state index contributed by atoms with van der Waals surface area (Å²) >= 11 is 0. The molecule has 0 bridgehead atoms. The van der Waals surface area contributed by atoms with E-state index in [0.717, 1.165) is 25.1 Å². The van der Waals surface area contributed by atoms with Gasteiger partial charge in [-0.15, -0.1) is 0 Å². The largest absolute Gasteiger partial charge is 0.329 e. The molecule has 2 rings (SSSR count). The molecule has 3 heteroatoms. The van der Waals surface area contributed by atoms with Crippen LogP contribution in [0.3, 0.4) is 0 Å². The third-order valence-electron chi connectivity index (χ3n) is 3.04. The van der Waals surface area contributed by atoms with E-state index < -0.39 is 0 Å². The quantitative estimate of drug-likeness (QED) is 0.810. The van der Waals surface area contributed by atoms with Gasteiger partial charge in [-0.1, -0.05) is 12.1 Å². The van der Waals surface area contributed by atoms with Gasteiger partial charge in [-0.05, 0) is 43.6 Å². The van der Waals surface area contributed by atoms with Crippen molar-refractivity contribution in [2.75, 3.05) is 19.6 Å². The van der Waals surface area contributed by atoms with Crippen molar-refractivity contribution in [2.45, 2.75) is 18.9 Å². The highest BCUT2D eigenvalue weighted by atomic mass is 19.1. The van der Waals surface area contributed by atoms with E-state index in [1.807, 2.05) is 6.07 Å². The first-order valence-electron chi connectivity index (χ1n) is 5.48. The molecule has 0 spiro atoms. The van der Waals surface area contributed by atoms with Crippen molar-refractivity contribution in [3.63, 3.8) is 0 Å². The molecule has 0 radical (unpaired) electrons. The molecule has 0 aliphatic carbocycles. The highest BCUT2D eigenvalue weighted by Gasteiger charge is 2.22. The molecular weight excluding hydrogens is 191 g/mol. The molecule has 15 heavy (non-hydrogen) atoms. The summed E-state index contributed by atoms with van der Waals surface area (Å²) in [6.45, 7) is 2.92. The molecule has 2 N–H and O–H groups in total. The van der Waals surface area contributed by atoms with Gasteiger partial charge in [-0.25, -0.2) is 4.39 Å². The number of hydrogen-bond acceptors (Lipinski definition) is 2. The molecule has 0 aromatic heterocycles. The Morgan fingerprint density at radius 3 is 2.73 bits per heavy atom. The van der Waals surface area contributed by atoms with E-state index in [1.165, 1.54) is 12.5 Å². The minimum atomic E-state index is -0.160. The second-order valence-corrected chi connectivity index (χ2v) is 4.11. The van der Waals surface area contributed by atoms with E-state index in [2.05, 4.69) is 4.90 Å². The number of nitrogens with zero attached hydrogens (tertiary/aromatic N) is 1. The summed E-state index contributed by atoms with van der Waals surface area (Å²) in [5.74, 6) is -0.160. The third kappa shape index (κ3) is 2.55. The van der Waals surface area contributed by atoms with E-state index >= 15 is 0 Å². The van der Waals surface area contributed by atoms with Crippen LogP contribution in [0.25, 0.3) is 0 Å². The summed E-state index contributed by atoms with van der Waals surface area (Å²) in [6, 6.07) is 7.17. The number of benzene rings is 1. The number of nitrogens with two attached hydrogens (primary N) is 1. The van der Waals surface area contributed by atoms with Crippen molar-refractivity contribution in [1.29, 1.82) is 0 Å². The van der Waals surface area contributed by atoms with Gasteiger partial charge in [-0.3, -0.25) is 4.90 Å². The Labute approximate surface area is 89.9 Å². The fourth-order valence-corrected chi connectivity index (χ4v) is 2.00. The highest BCUT2D eigenvalue weighted by molar-refractivity contribution is 5.17. The summed E-state index contributed by atoms with van der Waals surface area (Å²) in [5, 5.41) is 0. The molecule has 1 aliphatic rings. The van der Waals surface area contributed by atoms with Gasteiger partial charge < -0.3 is 5.73 Å². The Hall–Kier alpha value is -0.930. The average Bonchev–Trinajstić information content (AvgIpc) is 2.14. The van der Waals surface area contributed by atoms with Gasteiger partial charge in [0.2, 0.25) is 0 Å². The van der Waals surface area contributed by atoms with Crippen molar-refractivity contribution < 1.29 is 4.39 Å². The van der Waals surface area contributed by atoms with E-state index in [-0.39, 0.29) is 5.82 Å². The summed E-state index contributed by atoms with van der Waals surface area (Å²) in [6.07, 6.45) is 2.12. The van der Waals surface area contributed by atoms with E-state index in [4.69, 9.17) is 5.73 Å². The fourth-order valence-electron chi connectivity index (χ4n) is 2.00. The lowest BCUT2D eigenvalue weighted by Crippen LogP contribution is -2.49. The summed E-state index contributed by atoms with van der Waals surface area (Å²) in [5.41, 5.74) is 6.77. The first-order chi connectivity index (χ1) is 7.29. The van der Waals surface area contributed by atoms with Crippen LogP contribution in [0.4, 0.5) is 4.39 Å². The maximum atomic E-state index is 13.0. The highest BCUT2D eigenvalue weighted by Crippen LogP contribution is 2.15. The molecule has 82 valence electrons. The van der Waals surface area contributed by atoms with Gasteiger partial charge in [0.25, 0.3) is 0 Å². The second kappa shape index (κ2) is 4.73. The third-order valence-corrected chi connectivity index (χ3v) is 3.04. The average molecular weight is 208 g/mol. The Balaban J connectivity index is 1.99. The molecule has 0 amide bonds. The van der Waals surface area contributed by atoms with Crippen molar-refractivity contribution in [3.8, 4) is 0 Å². The summed E-state index contributed by atoms with van der Waals surface area (Å²) in [4.78, 5) is 2.37. The van der Waals surface area contributed by atoms with Gasteiger partial charge in [-0.2, -0.15) is 0 Å². The van der Waals surface area contributed by atoms with E-state index in [1.54, 1.807) is 12.1 Å². The summed E-state index contributed by atoms with van der Waals surface area (Å²) < 4.78 is 13.0. The van der Waals surface area contributed by atoms with Crippen LogP contribution in [0.1, 0.15) is 12.0 Å². The minimum absolute atomic E-state index is 0.160. The molecule has 1 heterocycles. The monoisotopic (exact) mass is 208 g/mol. The molecule has 1 saturated heterocycles. The molecule has 1 atom stereocenters. The zero-order chi connectivity index (χ0) is 10.7. The van der Waals surface area contributed by atoms with E-state index in [9.17, 15) is 4.39 Å². The smallest absolute Gasteiger partial charge is 0.123 e. The lowest BCUT2D eigenvalue weighted by Gasteiger charge is -2.38. The van der Waals surface area contributed by atoms with Crippen LogP contribution in [0.5, 0.6) is 0 Å². The van der Waals surface area contributed by atoms with Crippen LogP contribution in [0, 0.1) is 5.82 Å². The first kappa shape index (κ1) is 10.6. The summed E-state index contributed by atoms with van der Waals surface area (Å²) in [7, 11) is 0. The van der Waals surface area contributed by atoms with Gasteiger partial charge >= 0.3 is 0 Å². The maximum absolute atomic E-state index is 13.0. The molecule has 1 aromatic rings. The predicted molar refractivity (Wildman–Crippen MR) is 59.1 cm³/mol. The van der Waals surface area contributed by atoms with Crippen LogP contribution in [0.2, 0.25) is 0 Å². The standard InChI is InChI=1S/C12H17FN2/c13-11-4-1-3-10(7-11)8-12(9-14)15-5-2-6-15/h1,3-4,7,12H,2,5-6,8-9,14H2. The number of hydrogen-bond donors (Lipinski definition) is 1. The Morgan fingerprint density at radius 2 is 2.20 bits per heavy atom. The minimum Gasteiger partial charge on any atom is -0.329 e. The van der Waals surface area contributed by atoms with Crippen LogP contribution in [0.15, 0.2) is 24.3 Å². The molecule has 1 aromatic carbocycles. The van der Waals surface area contributed by atoms with E-state index in [0.29, 0.717) is 12.6 Å². The molecule has 1 unspecified atom stereocenters. The first-order valence-corrected chi connectivity index (χ1v) is 5.48. The molecule has 0 saturated carbocycles.